The van der Waals surface area contributed by atoms with E-state index in [0.29, 0.717) is 3.70 Å². The topological polar surface area (TPSA) is 44.1 Å². The lowest BCUT2D eigenvalue weighted by Crippen LogP contribution is -2.11. The Morgan fingerprint density at radius 1 is 1.73 bits per heavy atom. The van der Waals surface area contributed by atoms with Gasteiger partial charge in [0.1, 0.15) is 10.2 Å². The van der Waals surface area contributed by atoms with E-state index in [1.165, 1.54) is 6.07 Å². The number of carbonyl (C=O) groups is 1. The second kappa shape index (κ2) is 5.38. The van der Waals surface area contributed by atoms with Crippen molar-refractivity contribution >= 4 is 28.6 Å². The van der Waals surface area contributed by atoms with Crippen LogP contribution in [-0.4, -0.2) is 28.8 Å². The summed E-state index contributed by atoms with van der Waals surface area (Å²) >= 11 is 1.84. The molecule has 0 aliphatic carbocycles. The van der Waals surface area contributed by atoms with Crippen LogP contribution in [0.5, 0.6) is 0 Å². The van der Waals surface area contributed by atoms with E-state index in [4.69, 9.17) is 4.74 Å². The first-order chi connectivity index (χ1) is 7.04. The molecule has 0 fully saturated rings. The molecule has 1 rings (SSSR count). The summed E-state index contributed by atoms with van der Waals surface area (Å²) in [7, 11) is 0. The second-order valence-corrected chi connectivity index (χ2v) is 3.75. The molecule has 0 aromatic carbocycles. The number of alkyl halides is 2. The van der Waals surface area contributed by atoms with Crippen LogP contribution in [0.1, 0.15) is 17.4 Å². The number of aromatic nitrogens is 2. The summed E-state index contributed by atoms with van der Waals surface area (Å²) in [5.41, 5.74) is 0.0573. The van der Waals surface area contributed by atoms with Gasteiger partial charge in [0.2, 0.25) is 0 Å². The lowest BCUT2D eigenvalue weighted by molar-refractivity contribution is 0.0516. The molecule has 84 valence electrons. The van der Waals surface area contributed by atoms with Crippen molar-refractivity contribution in [2.45, 2.75) is 19.9 Å². The van der Waals surface area contributed by atoms with E-state index in [1.807, 2.05) is 22.6 Å². The molecular formula is C8H9F2IN2O2. The number of rotatable bonds is 4. The highest BCUT2D eigenvalue weighted by Gasteiger charge is 2.15. The SMILES string of the molecule is CCOC(=O)c1cc(I)n(CC(F)F)n1. The Morgan fingerprint density at radius 2 is 2.40 bits per heavy atom. The molecule has 0 amide bonds. The minimum absolute atomic E-state index is 0.0573. The Bertz CT molecular complexity index is 354. The first kappa shape index (κ1) is 12.3. The van der Waals surface area contributed by atoms with Gasteiger partial charge >= 0.3 is 5.97 Å². The van der Waals surface area contributed by atoms with Crippen LogP contribution in [0, 0.1) is 3.70 Å². The van der Waals surface area contributed by atoms with Gasteiger partial charge in [-0.3, -0.25) is 4.68 Å². The quantitative estimate of drug-likeness (QED) is 0.626. The monoisotopic (exact) mass is 330 g/mol. The zero-order valence-electron chi connectivity index (χ0n) is 7.91. The van der Waals surface area contributed by atoms with E-state index >= 15 is 0 Å². The van der Waals surface area contributed by atoms with Crippen LogP contribution in [0.25, 0.3) is 0 Å². The first-order valence-electron chi connectivity index (χ1n) is 4.23. The van der Waals surface area contributed by atoms with Crippen LogP contribution in [0.4, 0.5) is 8.78 Å². The Hall–Kier alpha value is -0.730. The maximum atomic E-state index is 12.1. The fourth-order valence-electron chi connectivity index (χ4n) is 0.958. The van der Waals surface area contributed by atoms with E-state index in [9.17, 15) is 13.6 Å². The summed E-state index contributed by atoms with van der Waals surface area (Å²) in [4.78, 5) is 11.2. The number of hydrogen-bond acceptors (Lipinski definition) is 3. The maximum absolute atomic E-state index is 12.1. The Kier molecular flexibility index (Phi) is 4.43. The minimum atomic E-state index is -2.49. The average molecular weight is 330 g/mol. The summed E-state index contributed by atoms with van der Waals surface area (Å²) < 4.78 is 30.4. The van der Waals surface area contributed by atoms with Crippen LogP contribution in [0.2, 0.25) is 0 Å². The van der Waals surface area contributed by atoms with Crippen LogP contribution in [0.15, 0.2) is 6.07 Å². The molecule has 0 spiro atoms. The van der Waals surface area contributed by atoms with Crippen molar-refractivity contribution in [2.24, 2.45) is 0 Å². The lowest BCUT2D eigenvalue weighted by Gasteiger charge is -2.00. The summed E-state index contributed by atoms with van der Waals surface area (Å²) in [5, 5.41) is 3.72. The molecule has 7 heteroatoms. The maximum Gasteiger partial charge on any atom is 0.358 e. The van der Waals surface area contributed by atoms with Crippen LogP contribution >= 0.6 is 22.6 Å². The van der Waals surface area contributed by atoms with Gasteiger partial charge in [-0.15, -0.1) is 0 Å². The van der Waals surface area contributed by atoms with Gasteiger partial charge in [-0.25, -0.2) is 13.6 Å². The highest BCUT2D eigenvalue weighted by molar-refractivity contribution is 14.1. The van der Waals surface area contributed by atoms with E-state index in [2.05, 4.69) is 5.10 Å². The van der Waals surface area contributed by atoms with Gasteiger partial charge in [0.05, 0.1) is 6.61 Å². The predicted octanol–water partition coefficient (Wildman–Crippen LogP) is 1.93. The zero-order valence-corrected chi connectivity index (χ0v) is 10.1. The van der Waals surface area contributed by atoms with Gasteiger partial charge in [-0.2, -0.15) is 5.10 Å². The molecule has 0 saturated carbocycles. The Morgan fingerprint density at radius 3 is 2.93 bits per heavy atom. The molecule has 0 saturated heterocycles. The van der Waals surface area contributed by atoms with Crippen molar-refractivity contribution in [1.29, 1.82) is 0 Å². The molecule has 4 nitrogen and oxygen atoms in total. The lowest BCUT2D eigenvalue weighted by atomic mass is 10.4. The standard InChI is InChI=1S/C8H9F2IN2O2/c1-2-15-8(14)5-3-7(11)13(12-5)4-6(9)10/h3,6H,2,4H2,1H3. The third kappa shape index (κ3) is 3.40. The number of halogens is 3. The number of carbonyl (C=O) groups excluding carboxylic acids is 1. The fraction of sp³-hybridized carbons (Fsp3) is 0.500. The number of ether oxygens (including phenoxy) is 1. The molecule has 0 aliphatic heterocycles. The molecule has 1 aromatic rings. The Labute approximate surface area is 98.7 Å². The molecule has 0 atom stereocenters. The molecular weight excluding hydrogens is 321 g/mol. The van der Waals surface area contributed by atoms with Crippen molar-refractivity contribution < 1.29 is 18.3 Å². The summed E-state index contributed by atoms with van der Waals surface area (Å²) in [5.74, 6) is -0.594. The summed E-state index contributed by atoms with van der Waals surface area (Å²) in [6.07, 6.45) is -2.49. The van der Waals surface area contributed by atoms with E-state index < -0.39 is 18.9 Å². The smallest absolute Gasteiger partial charge is 0.358 e. The highest BCUT2D eigenvalue weighted by Crippen LogP contribution is 2.10. The number of esters is 1. The van der Waals surface area contributed by atoms with Crippen molar-refractivity contribution in [3.05, 3.63) is 15.5 Å². The third-order valence-electron chi connectivity index (χ3n) is 1.53. The van der Waals surface area contributed by atoms with Gasteiger partial charge in [0, 0.05) is 6.07 Å². The molecule has 0 bridgehead atoms. The largest absolute Gasteiger partial charge is 0.461 e. The summed E-state index contributed by atoms with van der Waals surface area (Å²) in [6.45, 7) is 1.38. The number of nitrogens with zero attached hydrogens (tertiary/aromatic N) is 2. The third-order valence-corrected chi connectivity index (χ3v) is 2.39. The zero-order chi connectivity index (χ0) is 11.4. The summed E-state index contributed by atoms with van der Waals surface area (Å²) in [6, 6.07) is 1.42. The molecule has 15 heavy (non-hydrogen) atoms. The fourth-order valence-corrected chi connectivity index (χ4v) is 1.56. The minimum Gasteiger partial charge on any atom is -0.461 e. The van der Waals surface area contributed by atoms with Gasteiger partial charge in [0.25, 0.3) is 6.43 Å². The highest BCUT2D eigenvalue weighted by atomic mass is 127. The molecule has 0 unspecified atom stereocenters. The second-order valence-electron chi connectivity index (χ2n) is 2.65. The van der Waals surface area contributed by atoms with Gasteiger partial charge < -0.3 is 4.74 Å². The molecule has 0 N–H and O–H groups in total. The van der Waals surface area contributed by atoms with Crippen LogP contribution in [0.3, 0.4) is 0 Å². The van der Waals surface area contributed by atoms with Crippen molar-refractivity contribution in [2.75, 3.05) is 6.61 Å². The molecule has 1 heterocycles. The average Bonchev–Trinajstić information content (AvgIpc) is 2.47. The first-order valence-corrected chi connectivity index (χ1v) is 5.31. The van der Waals surface area contributed by atoms with Gasteiger partial charge in [-0.1, -0.05) is 0 Å². The molecule has 0 radical (unpaired) electrons. The van der Waals surface area contributed by atoms with Crippen LogP contribution < -0.4 is 0 Å². The van der Waals surface area contributed by atoms with Crippen molar-refractivity contribution in [3.8, 4) is 0 Å². The Balaban J connectivity index is 2.80. The number of hydrogen-bond donors (Lipinski definition) is 0. The molecule has 1 aromatic heterocycles. The van der Waals surface area contributed by atoms with E-state index in [-0.39, 0.29) is 12.3 Å². The van der Waals surface area contributed by atoms with Gasteiger partial charge in [0.15, 0.2) is 5.69 Å². The molecule has 0 aliphatic rings. The van der Waals surface area contributed by atoms with Gasteiger partial charge in [-0.05, 0) is 29.5 Å². The van der Waals surface area contributed by atoms with Crippen molar-refractivity contribution in [3.63, 3.8) is 0 Å². The predicted molar refractivity (Wildman–Crippen MR) is 56.9 cm³/mol. The van der Waals surface area contributed by atoms with Crippen LogP contribution in [-0.2, 0) is 11.3 Å². The van der Waals surface area contributed by atoms with E-state index in [1.54, 1.807) is 6.92 Å². The normalized spacial score (nSPS) is 10.7. The van der Waals surface area contributed by atoms with Crippen molar-refractivity contribution in [1.82, 2.24) is 9.78 Å². The van der Waals surface area contributed by atoms with E-state index in [0.717, 1.165) is 4.68 Å².